The highest BCUT2D eigenvalue weighted by atomic mass is 19.4. The minimum absolute atomic E-state index is 0.0702. The smallest absolute Gasteiger partial charge is 0.410 e. The molecule has 0 spiro atoms. The summed E-state index contributed by atoms with van der Waals surface area (Å²) < 4.78 is 45.9. The van der Waals surface area contributed by atoms with Gasteiger partial charge >= 0.3 is 12.5 Å². The van der Waals surface area contributed by atoms with Crippen molar-refractivity contribution in [1.82, 2.24) is 0 Å². The van der Waals surface area contributed by atoms with E-state index in [9.17, 15) is 28.1 Å². The Balaban J connectivity index is 2.05. The Morgan fingerprint density at radius 1 is 1.19 bits per heavy atom. The number of carbonyl (C=O) groups excluding carboxylic acids is 1. The molecule has 1 N–H and O–H groups in total. The number of nitro benzene ring substituents is 1. The van der Waals surface area contributed by atoms with Crippen LogP contribution in [-0.2, 0) is 6.42 Å². The van der Waals surface area contributed by atoms with Gasteiger partial charge in [-0.25, -0.2) is 4.79 Å². The standard InChI is InChI=1S/C16H13F3N2O5/c1-2-10-9-11(3-8-14(10)26-16(17,18)19)20-15(22)25-13-6-4-12(5-7-13)21(23)24/h3-9H,2H2,1H3,(H,20,22). The second kappa shape index (κ2) is 7.72. The highest BCUT2D eigenvalue weighted by Crippen LogP contribution is 2.29. The van der Waals surface area contributed by atoms with Crippen LogP contribution in [0.1, 0.15) is 12.5 Å². The molecular weight excluding hydrogens is 357 g/mol. The van der Waals surface area contributed by atoms with Crippen molar-refractivity contribution in [2.24, 2.45) is 0 Å². The van der Waals surface area contributed by atoms with Crippen LogP contribution in [0.5, 0.6) is 11.5 Å². The zero-order chi connectivity index (χ0) is 19.3. The first-order valence-electron chi connectivity index (χ1n) is 7.30. The Bertz CT molecular complexity index is 807. The molecule has 0 saturated carbocycles. The number of non-ortho nitro benzene ring substituents is 1. The zero-order valence-electron chi connectivity index (χ0n) is 13.4. The fraction of sp³-hybridized carbons (Fsp3) is 0.188. The summed E-state index contributed by atoms with van der Waals surface area (Å²) >= 11 is 0. The number of aryl methyl sites for hydroxylation is 1. The van der Waals surface area contributed by atoms with Crippen molar-refractivity contribution in [3.8, 4) is 11.5 Å². The maximum atomic E-state index is 12.3. The van der Waals surface area contributed by atoms with Gasteiger partial charge in [0.15, 0.2) is 0 Å². The van der Waals surface area contributed by atoms with Crippen LogP contribution in [0.2, 0.25) is 0 Å². The molecule has 2 aromatic carbocycles. The molecule has 0 aromatic heterocycles. The van der Waals surface area contributed by atoms with E-state index in [4.69, 9.17) is 4.74 Å². The Morgan fingerprint density at radius 2 is 1.85 bits per heavy atom. The van der Waals surface area contributed by atoms with Crippen LogP contribution in [0, 0.1) is 10.1 Å². The van der Waals surface area contributed by atoms with Crippen LogP contribution in [0.25, 0.3) is 0 Å². The Morgan fingerprint density at radius 3 is 2.38 bits per heavy atom. The number of hydrogen-bond acceptors (Lipinski definition) is 5. The van der Waals surface area contributed by atoms with Crippen molar-refractivity contribution >= 4 is 17.5 Å². The van der Waals surface area contributed by atoms with Gasteiger partial charge in [0, 0.05) is 17.8 Å². The number of ether oxygens (including phenoxy) is 2. The number of nitro groups is 1. The normalized spacial score (nSPS) is 10.9. The average molecular weight is 370 g/mol. The third kappa shape index (κ3) is 5.36. The number of halogens is 3. The number of benzene rings is 2. The Kier molecular flexibility index (Phi) is 5.65. The minimum atomic E-state index is -4.81. The first-order valence-corrected chi connectivity index (χ1v) is 7.30. The van der Waals surface area contributed by atoms with Gasteiger partial charge in [-0.2, -0.15) is 0 Å². The maximum absolute atomic E-state index is 12.3. The first kappa shape index (κ1) is 19.0. The SMILES string of the molecule is CCc1cc(NC(=O)Oc2ccc([N+](=O)[O-])cc2)ccc1OC(F)(F)F. The van der Waals surface area contributed by atoms with Gasteiger partial charge in [-0.15, -0.1) is 13.2 Å². The molecule has 0 atom stereocenters. The molecular formula is C16H13F3N2O5. The Labute approximate surface area is 145 Å². The maximum Gasteiger partial charge on any atom is 0.573 e. The number of hydrogen-bond donors (Lipinski definition) is 1. The van der Waals surface area contributed by atoms with Crippen molar-refractivity contribution in [2.45, 2.75) is 19.7 Å². The summed E-state index contributed by atoms with van der Waals surface area (Å²) in [6, 6.07) is 8.48. The van der Waals surface area contributed by atoms with Gasteiger partial charge < -0.3 is 9.47 Å². The molecule has 138 valence electrons. The van der Waals surface area contributed by atoms with E-state index in [-0.39, 0.29) is 34.9 Å². The molecule has 10 heteroatoms. The fourth-order valence-electron chi connectivity index (χ4n) is 2.04. The van der Waals surface area contributed by atoms with Crippen LogP contribution in [0.3, 0.4) is 0 Å². The molecule has 1 amide bonds. The third-order valence-electron chi connectivity index (χ3n) is 3.17. The van der Waals surface area contributed by atoms with Crippen molar-refractivity contribution in [3.63, 3.8) is 0 Å². The lowest BCUT2D eigenvalue weighted by molar-refractivity contribution is -0.384. The predicted molar refractivity (Wildman–Crippen MR) is 85.2 cm³/mol. The number of nitrogens with zero attached hydrogens (tertiary/aromatic N) is 1. The molecule has 0 unspecified atom stereocenters. The molecule has 2 aromatic rings. The van der Waals surface area contributed by atoms with Crippen molar-refractivity contribution < 1.29 is 32.4 Å². The van der Waals surface area contributed by atoms with Gasteiger partial charge in [-0.05, 0) is 42.3 Å². The van der Waals surface area contributed by atoms with Crippen LogP contribution in [-0.4, -0.2) is 17.4 Å². The highest BCUT2D eigenvalue weighted by Gasteiger charge is 2.32. The number of nitrogens with one attached hydrogen (secondary N) is 1. The van der Waals surface area contributed by atoms with Crippen LogP contribution in [0.4, 0.5) is 29.3 Å². The molecule has 0 radical (unpaired) electrons. The number of rotatable bonds is 5. The summed E-state index contributed by atoms with van der Waals surface area (Å²) in [7, 11) is 0. The third-order valence-corrected chi connectivity index (χ3v) is 3.17. The Hall–Kier alpha value is -3.30. The largest absolute Gasteiger partial charge is 0.573 e. The molecule has 0 aliphatic rings. The first-order chi connectivity index (χ1) is 12.2. The van der Waals surface area contributed by atoms with E-state index in [0.717, 1.165) is 6.07 Å². The number of alkyl halides is 3. The molecule has 0 heterocycles. The van der Waals surface area contributed by atoms with Crippen LogP contribution in [0.15, 0.2) is 42.5 Å². The average Bonchev–Trinajstić information content (AvgIpc) is 2.55. The molecule has 0 bridgehead atoms. The van der Waals surface area contributed by atoms with Crippen molar-refractivity contribution in [1.29, 1.82) is 0 Å². The highest BCUT2D eigenvalue weighted by molar-refractivity contribution is 5.86. The van der Waals surface area contributed by atoms with Crippen molar-refractivity contribution in [3.05, 3.63) is 58.1 Å². The summed E-state index contributed by atoms with van der Waals surface area (Å²) in [6.07, 6.45) is -5.46. The van der Waals surface area contributed by atoms with Gasteiger partial charge in [0.1, 0.15) is 11.5 Å². The van der Waals surface area contributed by atoms with Crippen LogP contribution >= 0.6 is 0 Å². The summed E-state index contributed by atoms with van der Waals surface area (Å²) in [5.41, 5.74) is 0.296. The van der Waals surface area contributed by atoms with Gasteiger partial charge in [-0.1, -0.05) is 6.92 Å². The molecule has 0 aliphatic carbocycles. The number of amides is 1. The van der Waals surface area contributed by atoms with E-state index in [1.165, 1.54) is 36.4 Å². The van der Waals surface area contributed by atoms with Gasteiger partial charge in [-0.3, -0.25) is 15.4 Å². The number of carbonyl (C=O) groups is 1. The van der Waals surface area contributed by atoms with E-state index < -0.39 is 17.4 Å². The lowest BCUT2D eigenvalue weighted by Gasteiger charge is -2.14. The molecule has 7 nitrogen and oxygen atoms in total. The summed E-state index contributed by atoms with van der Waals surface area (Å²) in [4.78, 5) is 21.8. The molecule has 26 heavy (non-hydrogen) atoms. The summed E-state index contributed by atoms with van der Waals surface area (Å²) in [6.45, 7) is 1.64. The summed E-state index contributed by atoms with van der Waals surface area (Å²) in [5.74, 6) is -0.282. The molecule has 0 aliphatic heterocycles. The molecule has 0 fully saturated rings. The van der Waals surface area contributed by atoms with Crippen molar-refractivity contribution in [2.75, 3.05) is 5.32 Å². The van der Waals surface area contributed by atoms with Gasteiger partial charge in [0.05, 0.1) is 4.92 Å². The summed E-state index contributed by atoms with van der Waals surface area (Å²) in [5, 5.41) is 12.9. The van der Waals surface area contributed by atoms with Crippen LogP contribution < -0.4 is 14.8 Å². The second-order valence-corrected chi connectivity index (χ2v) is 4.99. The molecule has 0 saturated heterocycles. The predicted octanol–water partition coefficient (Wildman–Crippen LogP) is 4.67. The van der Waals surface area contributed by atoms with E-state index in [1.807, 2.05) is 0 Å². The van der Waals surface area contributed by atoms with E-state index >= 15 is 0 Å². The van der Waals surface area contributed by atoms with E-state index in [0.29, 0.717) is 0 Å². The van der Waals surface area contributed by atoms with E-state index in [1.54, 1.807) is 6.92 Å². The number of anilines is 1. The van der Waals surface area contributed by atoms with E-state index in [2.05, 4.69) is 10.1 Å². The fourth-order valence-corrected chi connectivity index (χ4v) is 2.04. The zero-order valence-corrected chi connectivity index (χ0v) is 13.4. The monoisotopic (exact) mass is 370 g/mol. The minimum Gasteiger partial charge on any atom is -0.410 e. The second-order valence-electron chi connectivity index (χ2n) is 4.99. The lowest BCUT2D eigenvalue weighted by atomic mass is 10.1. The molecule has 2 rings (SSSR count). The van der Waals surface area contributed by atoms with Gasteiger partial charge in [0.25, 0.3) is 5.69 Å². The lowest BCUT2D eigenvalue weighted by Crippen LogP contribution is -2.19. The topological polar surface area (TPSA) is 90.7 Å². The quantitative estimate of drug-likeness (QED) is 0.610. The van der Waals surface area contributed by atoms with Gasteiger partial charge in [0.2, 0.25) is 0 Å².